The molecule has 5 nitrogen and oxygen atoms in total. The van der Waals surface area contributed by atoms with Gasteiger partial charge in [-0.25, -0.2) is 12.8 Å². The van der Waals surface area contributed by atoms with Crippen LogP contribution in [0.2, 0.25) is 0 Å². The number of rotatable bonds is 4. The van der Waals surface area contributed by atoms with Crippen LogP contribution in [0.1, 0.15) is 17.2 Å². The maximum Gasteiger partial charge on any atom is 0.246 e. The van der Waals surface area contributed by atoms with Gasteiger partial charge in [-0.15, -0.1) is 0 Å². The van der Waals surface area contributed by atoms with Crippen LogP contribution < -0.4 is 10.1 Å². The molecule has 0 aliphatic carbocycles. The predicted octanol–water partition coefficient (Wildman–Crippen LogP) is 2.48. The van der Waals surface area contributed by atoms with Gasteiger partial charge in [0, 0.05) is 25.2 Å². The Morgan fingerprint density at radius 1 is 1.24 bits per heavy atom. The molecule has 1 saturated heterocycles. The van der Waals surface area contributed by atoms with E-state index in [4.69, 9.17) is 4.74 Å². The molecule has 134 valence electrons. The van der Waals surface area contributed by atoms with Gasteiger partial charge >= 0.3 is 0 Å². The smallest absolute Gasteiger partial charge is 0.246 e. The number of nitrogens with zero attached hydrogens (tertiary/aromatic N) is 1. The zero-order valence-electron chi connectivity index (χ0n) is 14.2. The molecule has 1 heterocycles. The number of nitrogens with one attached hydrogen (secondary N) is 1. The van der Waals surface area contributed by atoms with Gasteiger partial charge in [0.05, 0.1) is 13.2 Å². The zero-order chi connectivity index (χ0) is 18.0. The number of methoxy groups -OCH3 is 1. The van der Waals surface area contributed by atoms with E-state index in [0.29, 0.717) is 24.4 Å². The normalized spacial score (nSPS) is 18.9. The topological polar surface area (TPSA) is 58.6 Å². The van der Waals surface area contributed by atoms with Gasteiger partial charge < -0.3 is 10.1 Å². The third-order valence-corrected chi connectivity index (χ3v) is 6.31. The number of benzene rings is 2. The van der Waals surface area contributed by atoms with Crippen molar-refractivity contribution in [1.82, 2.24) is 9.62 Å². The van der Waals surface area contributed by atoms with E-state index in [1.54, 1.807) is 26.2 Å². The Balaban J connectivity index is 2.06. The summed E-state index contributed by atoms with van der Waals surface area (Å²) in [5, 5.41) is 3.21. The highest BCUT2D eigenvalue weighted by Crippen LogP contribution is 2.34. The lowest BCUT2D eigenvalue weighted by atomic mass is 10.0. The minimum Gasteiger partial charge on any atom is -0.496 e. The molecule has 1 aliphatic rings. The van der Waals surface area contributed by atoms with Crippen LogP contribution in [0.4, 0.5) is 4.39 Å². The van der Waals surface area contributed by atoms with E-state index in [1.165, 1.54) is 16.4 Å². The van der Waals surface area contributed by atoms with Crippen LogP contribution in [0.15, 0.2) is 47.4 Å². The fraction of sp³-hybridized carbons (Fsp3) is 0.333. The minimum absolute atomic E-state index is 0.262. The molecule has 25 heavy (non-hydrogen) atoms. The Morgan fingerprint density at radius 3 is 2.72 bits per heavy atom. The maximum absolute atomic E-state index is 14.3. The lowest BCUT2D eigenvalue weighted by molar-refractivity contribution is 0.264. The second-order valence-electron chi connectivity index (χ2n) is 6.01. The van der Waals surface area contributed by atoms with Gasteiger partial charge in [-0.05, 0) is 30.7 Å². The molecule has 3 rings (SSSR count). The van der Waals surface area contributed by atoms with E-state index in [2.05, 4.69) is 5.32 Å². The average molecular weight is 364 g/mol. The van der Waals surface area contributed by atoms with Gasteiger partial charge in [-0.1, -0.05) is 24.3 Å². The van der Waals surface area contributed by atoms with Crippen molar-refractivity contribution in [3.8, 4) is 5.75 Å². The average Bonchev–Trinajstić information content (AvgIpc) is 2.61. The molecular weight excluding hydrogens is 343 g/mol. The molecule has 1 aliphatic heterocycles. The summed E-state index contributed by atoms with van der Waals surface area (Å²) in [6, 6.07) is 11.0. The Morgan fingerprint density at radius 2 is 2.00 bits per heavy atom. The molecule has 2 aromatic carbocycles. The van der Waals surface area contributed by atoms with Gasteiger partial charge in [-0.2, -0.15) is 4.31 Å². The first-order chi connectivity index (χ1) is 11.9. The van der Waals surface area contributed by atoms with Crippen LogP contribution in [-0.2, 0) is 10.0 Å². The number of ether oxygens (including phenoxy) is 1. The van der Waals surface area contributed by atoms with Crippen LogP contribution in [0.3, 0.4) is 0 Å². The van der Waals surface area contributed by atoms with Crippen LogP contribution >= 0.6 is 0 Å². The van der Waals surface area contributed by atoms with Crippen LogP contribution in [0.25, 0.3) is 0 Å². The summed E-state index contributed by atoms with van der Waals surface area (Å²) in [6.45, 7) is 2.94. The van der Waals surface area contributed by atoms with Crippen molar-refractivity contribution in [3.05, 3.63) is 59.4 Å². The first-order valence-corrected chi connectivity index (χ1v) is 9.51. The molecule has 7 heteroatoms. The minimum atomic E-state index is -3.97. The van der Waals surface area contributed by atoms with E-state index in [1.807, 2.05) is 18.2 Å². The molecule has 0 bridgehead atoms. The number of hydrogen-bond acceptors (Lipinski definition) is 4. The molecular formula is C18H21FN2O3S. The lowest BCUT2D eigenvalue weighted by Crippen LogP contribution is -2.48. The van der Waals surface area contributed by atoms with Crippen LogP contribution in [-0.4, -0.2) is 39.5 Å². The number of sulfonamides is 1. The summed E-state index contributed by atoms with van der Waals surface area (Å²) >= 11 is 0. The molecule has 1 fully saturated rings. The maximum atomic E-state index is 14.3. The quantitative estimate of drug-likeness (QED) is 0.906. The van der Waals surface area contributed by atoms with Gasteiger partial charge in [0.15, 0.2) is 0 Å². The van der Waals surface area contributed by atoms with E-state index in [0.717, 1.165) is 5.56 Å². The fourth-order valence-electron chi connectivity index (χ4n) is 3.12. The van der Waals surface area contributed by atoms with Crippen molar-refractivity contribution in [2.75, 3.05) is 26.7 Å². The number of aryl methyl sites for hydroxylation is 1. The molecule has 0 saturated carbocycles. The van der Waals surface area contributed by atoms with Gasteiger partial charge in [-0.3, -0.25) is 0 Å². The second-order valence-corrected chi connectivity index (χ2v) is 7.87. The number of para-hydroxylation sites is 1. The van der Waals surface area contributed by atoms with Gasteiger partial charge in [0.1, 0.15) is 16.5 Å². The Hall–Kier alpha value is -1.96. The summed E-state index contributed by atoms with van der Waals surface area (Å²) in [5.41, 5.74) is 1.44. The Labute approximate surface area is 147 Å². The van der Waals surface area contributed by atoms with Gasteiger partial charge in [0.2, 0.25) is 10.0 Å². The molecule has 2 aromatic rings. The summed E-state index contributed by atoms with van der Waals surface area (Å²) in [4.78, 5) is -0.292. The van der Waals surface area contributed by atoms with E-state index in [-0.39, 0.29) is 11.4 Å². The first kappa shape index (κ1) is 17.8. The first-order valence-electron chi connectivity index (χ1n) is 8.07. The van der Waals surface area contributed by atoms with Crippen molar-refractivity contribution in [1.29, 1.82) is 0 Å². The molecule has 0 radical (unpaired) electrons. The molecule has 0 amide bonds. The Bertz CT molecular complexity index is 870. The van der Waals surface area contributed by atoms with Crippen molar-refractivity contribution in [2.45, 2.75) is 17.9 Å². The highest BCUT2D eigenvalue weighted by atomic mass is 32.2. The monoisotopic (exact) mass is 364 g/mol. The third kappa shape index (κ3) is 3.40. The van der Waals surface area contributed by atoms with Crippen molar-refractivity contribution in [2.24, 2.45) is 0 Å². The summed E-state index contributed by atoms with van der Waals surface area (Å²) in [6.07, 6.45) is 0. The third-order valence-electron chi connectivity index (χ3n) is 4.37. The highest BCUT2D eigenvalue weighted by Gasteiger charge is 2.37. The largest absolute Gasteiger partial charge is 0.496 e. The molecule has 0 aromatic heterocycles. The van der Waals surface area contributed by atoms with Crippen molar-refractivity contribution in [3.63, 3.8) is 0 Å². The summed E-state index contributed by atoms with van der Waals surface area (Å²) in [5.74, 6) is -0.113. The predicted molar refractivity (Wildman–Crippen MR) is 93.6 cm³/mol. The van der Waals surface area contributed by atoms with E-state index >= 15 is 0 Å². The number of hydrogen-bond donors (Lipinski definition) is 1. The van der Waals surface area contributed by atoms with Crippen molar-refractivity contribution < 1.29 is 17.5 Å². The second kappa shape index (κ2) is 7.11. The summed E-state index contributed by atoms with van der Waals surface area (Å²) in [7, 11) is -2.42. The standard InChI is InChI=1S/C18H21FN2O3S/c1-13-7-8-18(15(19)11-13)25(22,23)21-10-9-20-12-16(21)14-5-3-4-6-17(14)24-2/h3-8,11,16,20H,9-10,12H2,1-2H3. The molecule has 1 N–H and O–H groups in total. The molecule has 1 atom stereocenters. The Kier molecular flexibility index (Phi) is 5.08. The van der Waals surface area contributed by atoms with Crippen molar-refractivity contribution >= 4 is 10.0 Å². The highest BCUT2D eigenvalue weighted by molar-refractivity contribution is 7.89. The number of halogens is 1. The molecule has 1 unspecified atom stereocenters. The van der Waals surface area contributed by atoms with E-state index in [9.17, 15) is 12.8 Å². The SMILES string of the molecule is COc1ccccc1C1CNCCN1S(=O)(=O)c1ccc(C)cc1F. The molecule has 0 spiro atoms. The van der Waals surface area contributed by atoms with Crippen LogP contribution in [0, 0.1) is 12.7 Å². The summed E-state index contributed by atoms with van der Waals surface area (Å²) < 4.78 is 47.3. The lowest BCUT2D eigenvalue weighted by Gasteiger charge is -2.36. The fourth-order valence-corrected chi connectivity index (χ4v) is 4.77. The van der Waals surface area contributed by atoms with Gasteiger partial charge in [0.25, 0.3) is 0 Å². The zero-order valence-corrected chi connectivity index (χ0v) is 15.0. The number of piperazine rings is 1. The van der Waals surface area contributed by atoms with Crippen LogP contribution in [0.5, 0.6) is 5.75 Å². The van der Waals surface area contributed by atoms with E-state index < -0.39 is 21.9 Å².